The lowest BCUT2D eigenvalue weighted by Crippen LogP contribution is -2.27. The van der Waals surface area contributed by atoms with Gasteiger partial charge < -0.3 is 4.57 Å². The highest BCUT2D eigenvalue weighted by Crippen LogP contribution is 2.35. The quantitative estimate of drug-likeness (QED) is 0.347. The van der Waals surface area contributed by atoms with Gasteiger partial charge in [0, 0.05) is 29.2 Å². The minimum absolute atomic E-state index is 0.226. The molecule has 1 fully saturated rings. The molecule has 2 heterocycles. The highest BCUT2D eigenvalue weighted by Gasteiger charge is 2.35. The number of rotatable bonds is 5. The number of hydrogen-bond acceptors (Lipinski definition) is 3. The Morgan fingerprint density at radius 1 is 0.844 bits per heavy atom. The van der Waals surface area contributed by atoms with E-state index in [-0.39, 0.29) is 11.1 Å². The van der Waals surface area contributed by atoms with E-state index in [4.69, 9.17) is 0 Å². The first kappa shape index (κ1) is 20.3. The monoisotopic (exact) mass is 438 g/mol. The Morgan fingerprint density at radius 3 is 2.41 bits per heavy atom. The van der Waals surface area contributed by atoms with Crippen LogP contribution in [0.1, 0.15) is 22.3 Å². The fourth-order valence-electron chi connectivity index (χ4n) is 4.07. The van der Waals surface area contributed by atoms with Gasteiger partial charge in [0.25, 0.3) is 11.1 Å². The third kappa shape index (κ3) is 3.99. The molecule has 0 unspecified atom stereocenters. The molecule has 0 bridgehead atoms. The van der Waals surface area contributed by atoms with Crippen LogP contribution in [0, 0.1) is 6.92 Å². The van der Waals surface area contributed by atoms with Crippen molar-refractivity contribution in [2.75, 3.05) is 0 Å². The zero-order valence-corrected chi connectivity index (χ0v) is 18.5. The standard InChI is InChI=1S/C27H22N2O2S/c1-19-8-7-11-21(14-19)17-29-26(30)25(32-27(29)31)15-22-18-28(16-20-9-3-2-4-10-20)24-13-6-5-12-23(22)24/h2-15,18H,16-17H2,1H3/b25-15-. The number of carbonyl (C=O) groups is 2. The van der Waals surface area contributed by atoms with Crippen molar-refractivity contribution in [1.29, 1.82) is 0 Å². The van der Waals surface area contributed by atoms with Gasteiger partial charge in [0.15, 0.2) is 0 Å². The van der Waals surface area contributed by atoms with Crippen molar-refractivity contribution in [2.24, 2.45) is 0 Å². The number of fused-ring (bicyclic) bond motifs is 1. The van der Waals surface area contributed by atoms with Gasteiger partial charge in [-0.05, 0) is 42.0 Å². The van der Waals surface area contributed by atoms with Crippen LogP contribution in [-0.4, -0.2) is 20.6 Å². The lowest BCUT2D eigenvalue weighted by atomic mass is 10.1. The van der Waals surface area contributed by atoms with Crippen LogP contribution in [0.3, 0.4) is 0 Å². The molecule has 1 saturated heterocycles. The van der Waals surface area contributed by atoms with Crippen LogP contribution in [0.25, 0.3) is 17.0 Å². The number of para-hydroxylation sites is 1. The van der Waals surface area contributed by atoms with E-state index >= 15 is 0 Å². The Bertz CT molecular complexity index is 1350. The summed E-state index contributed by atoms with van der Waals surface area (Å²) in [5.41, 5.74) is 5.31. The Labute approximate surface area is 191 Å². The molecule has 158 valence electrons. The van der Waals surface area contributed by atoms with Crippen molar-refractivity contribution in [1.82, 2.24) is 9.47 Å². The van der Waals surface area contributed by atoms with E-state index in [2.05, 4.69) is 35.0 Å². The van der Waals surface area contributed by atoms with Crippen LogP contribution in [0.15, 0.2) is 90.0 Å². The molecule has 5 heteroatoms. The van der Waals surface area contributed by atoms with E-state index in [1.54, 1.807) is 0 Å². The summed E-state index contributed by atoms with van der Waals surface area (Å²) >= 11 is 1.01. The molecule has 1 aromatic heterocycles. The topological polar surface area (TPSA) is 42.3 Å². The van der Waals surface area contributed by atoms with E-state index in [1.165, 1.54) is 10.5 Å². The van der Waals surface area contributed by atoms with Crippen LogP contribution in [0.5, 0.6) is 0 Å². The molecule has 0 spiro atoms. The van der Waals surface area contributed by atoms with Gasteiger partial charge in [0.1, 0.15) is 0 Å². The maximum Gasteiger partial charge on any atom is 0.293 e. The Hall–Kier alpha value is -3.57. The van der Waals surface area contributed by atoms with E-state index in [1.807, 2.05) is 67.6 Å². The van der Waals surface area contributed by atoms with Crippen LogP contribution >= 0.6 is 11.8 Å². The summed E-state index contributed by atoms with van der Waals surface area (Å²) in [6, 6.07) is 26.3. The number of carbonyl (C=O) groups excluding carboxylic acids is 2. The van der Waals surface area contributed by atoms with Crippen molar-refractivity contribution in [3.05, 3.63) is 112 Å². The number of aromatic nitrogens is 1. The molecule has 4 aromatic rings. The lowest BCUT2D eigenvalue weighted by Gasteiger charge is -2.12. The highest BCUT2D eigenvalue weighted by atomic mass is 32.2. The van der Waals surface area contributed by atoms with Crippen LogP contribution in [-0.2, 0) is 17.9 Å². The van der Waals surface area contributed by atoms with Crippen molar-refractivity contribution in [3.63, 3.8) is 0 Å². The largest absolute Gasteiger partial charge is 0.342 e. The summed E-state index contributed by atoms with van der Waals surface area (Å²) in [5, 5.41) is 0.838. The summed E-state index contributed by atoms with van der Waals surface area (Å²) < 4.78 is 2.19. The molecule has 0 N–H and O–H groups in total. The van der Waals surface area contributed by atoms with E-state index in [0.29, 0.717) is 11.4 Å². The molecule has 0 saturated carbocycles. The maximum absolute atomic E-state index is 13.1. The Balaban J connectivity index is 1.46. The third-order valence-corrected chi connectivity index (χ3v) is 6.51. The zero-order chi connectivity index (χ0) is 22.1. The van der Waals surface area contributed by atoms with Gasteiger partial charge in [-0.3, -0.25) is 14.5 Å². The molecular formula is C27H22N2O2S. The predicted molar refractivity (Wildman–Crippen MR) is 130 cm³/mol. The van der Waals surface area contributed by atoms with Crippen molar-refractivity contribution >= 4 is 39.9 Å². The van der Waals surface area contributed by atoms with Gasteiger partial charge in [-0.2, -0.15) is 0 Å². The second kappa shape index (κ2) is 8.52. The Morgan fingerprint density at radius 2 is 1.59 bits per heavy atom. The van der Waals surface area contributed by atoms with Gasteiger partial charge in [-0.15, -0.1) is 0 Å². The molecule has 4 nitrogen and oxygen atoms in total. The molecule has 0 aliphatic carbocycles. The van der Waals surface area contributed by atoms with Crippen LogP contribution in [0.4, 0.5) is 4.79 Å². The SMILES string of the molecule is Cc1cccc(CN2C(=O)S/C(=C\c3cn(Cc4ccccc4)c4ccccc34)C2=O)c1. The smallest absolute Gasteiger partial charge is 0.293 e. The zero-order valence-electron chi connectivity index (χ0n) is 17.7. The second-order valence-electron chi connectivity index (χ2n) is 7.97. The molecule has 1 aliphatic rings. The van der Waals surface area contributed by atoms with Crippen molar-refractivity contribution in [2.45, 2.75) is 20.0 Å². The minimum Gasteiger partial charge on any atom is -0.342 e. The van der Waals surface area contributed by atoms with Crippen LogP contribution in [0.2, 0.25) is 0 Å². The normalized spacial score (nSPS) is 15.3. The summed E-state index contributed by atoms with van der Waals surface area (Å²) in [6.07, 6.45) is 3.91. The fourth-order valence-corrected chi connectivity index (χ4v) is 4.90. The third-order valence-electron chi connectivity index (χ3n) is 5.60. The van der Waals surface area contributed by atoms with Gasteiger partial charge in [-0.1, -0.05) is 78.4 Å². The average Bonchev–Trinajstić information content (AvgIpc) is 3.27. The number of amides is 2. The van der Waals surface area contributed by atoms with Gasteiger partial charge >= 0.3 is 0 Å². The molecule has 3 aromatic carbocycles. The van der Waals surface area contributed by atoms with E-state index in [9.17, 15) is 9.59 Å². The summed E-state index contributed by atoms with van der Waals surface area (Å²) in [7, 11) is 0. The number of benzene rings is 3. The molecule has 1 aliphatic heterocycles. The van der Waals surface area contributed by atoms with Gasteiger partial charge in [0.2, 0.25) is 0 Å². The lowest BCUT2D eigenvalue weighted by molar-refractivity contribution is -0.123. The first-order valence-electron chi connectivity index (χ1n) is 10.5. The number of nitrogens with zero attached hydrogens (tertiary/aromatic N) is 2. The van der Waals surface area contributed by atoms with Gasteiger partial charge in [-0.25, -0.2) is 0 Å². The fraction of sp³-hybridized carbons (Fsp3) is 0.111. The number of hydrogen-bond donors (Lipinski definition) is 0. The average molecular weight is 439 g/mol. The van der Waals surface area contributed by atoms with E-state index in [0.717, 1.165) is 45.9 Å². The molecule has 0 atom stereocenters. The molecule has 5 rings (SSSR count). The molecule has 0 radical (unpaired) electrons. The summed E-state index contributed by atoms with van der Waals surface area (Å²) in [6.45, 7) is 3.03. The molecule has 2 amide bonds. The first-order valence-corrected chi connectivity index (χ1v) is 11.3. The predicted octanol–water partition coefficient (Wildman–Crippen LogP) is 6.23. The first-order chi connectivity index (χ1) is 15.6. The van der Waals surface area contributed by atoms with Crippen molar-refractivity contribution < 1.29 is 9.59 Å². The number of imide groups is 1. The maximum atomic E-state index is 13.1. The Kier molecular flexibility index (Phi) is 5.41. The van der Waals surface area contributed by atoms with Gasteiger partial charge in [0.05, 0.1) is 11.4 Å². The molecular weight excluding hydrogens is 416 g/mol. The second-order valence-corrected chi connectivity index (χ2v) is 8.97. The summed E-state index contributed by atoms with van der Waals surface area (Å²) in [4.78, 5) is 27.5. The highest BCUT2D eigenvalue weighted by molar-refractivity contribution is 8.18. The minimum atomic E-state index is -0.235. The van der Waals surface area contributed by atoms with Crippen LogP contribution < -0.4 is 0 Å². The number of aryl methyl sites for hydroxylation is 1. The number of thioether (sulfide) groups is 1. The molecule has 32 heavy (non-hydrogen) atoms. The summed E-state index contributed by atoms with van der Waals surface area (Å²) in [5.74, 6) is -0.235. The van der Waals surface area contributed by atoms with E-state index < -0.39 is 0 Å². The van der Waals surface area contributed by atoms with Crippen molar-refractivity contribution in [3.8, 4) is 0 Å².